The Morgan fingerprint density at radius 3 is 2.65 bits per heavy atom. The van der Waals surface area contributed by atoms with Crippen LogP contribution in [0.25, 0.3) is 0 Å². The van der Waals surface area contributed by atoms with Crippen molar-refractivity contribution in [3.05, 3.63) is 29.6 Å². The zero-order chi connectivity index (χ0) is 12.8. The number of halogens is 1. The summed E-state index contributed by atoms with van der Waals surface area (Å²) >= 11 is 0. The second kappa shape index (κ2) is 3.76. The first kappa shape index (κ1) is 12.0. The third-order valence-corrected chi connectivity index (χ3v) is 3.36. The molecule has 2 unspecified atom stereocenters. The van der Waals surface area contributed by atoms with Gasteiger partial charge in [-0.15, -0.1) is 0 Å². The van der Waals surface area contributed by atoms with Gasteiger partial charge in [0.25, 0.3) is 10.1 Å². The van der Waals surface area contributed by atoms with Gasteiger partial charge in [0.15, 0.2) is 5.44 Å². The van der Waals surface area contributed by atoms with Crippen LogP contribution in [0.2, 0.25) is 0 Å². The Bertz CT molecular complexity index is 585. The standard InChI is InChI=1S/C9H8FNO5S/c10-4-1-2-6-5(3-4)7(8(12)11-6)9(13)17(14,15)16/h1-3,7,9,13H,(H,11,12)(H,14,15,16). The minimum Gasteiger partial charge on any atom is -0.374 e. The van der Waals surface area contributed by atoms with Gasteiger partial charge in [-0.05, 0) is 23.8 Å². The first-order valence-corrected chi connectivity index (χ1v) is 6.05. The van der Waals surface area contributed by atoms with Crippen molar-refractivity contribution in [2.75, 3.05) is 5.32 Å². The van der Waals surface area contributed by atoms with E-state index >= 15 is 0 Å². The number of hydrogen-bond acceptors (Lipinski definition) is 4. The van der Waals surface area contributed by atoms with E-state index in [1.54, 1.807) is 0 Å². The second-order valence-electron chi connectivity index (χ2n) is 3.60. The highest BCUT2D eigenvalue weighted by Gasteiger charge is 2.42. The van der Waals surface area contributed by atoms with Crippen LogP contribution in [0.3, 0.4) is 0 Å². The van der Waals surface area contributed by atoms with Crippen LogP contribution in [-0.4, -0.2) is 29.4 Å². The summed E-state index contributed by atoms with van der Waals surface area (Å²) < 4.78 is 43.3. The number of aliphatic hydroxyl groups excluding tert-OH is 1. The zero-order valence-corrected chi connectivity index (χ0v) is 9.11. The van der Waals surface area contributed by atoms with Gasteiger partial charge in [0, 0.05) is 5.69 Å². The molecule has 1 aromatic carbocycles. The molecule has 1 aliphatic rings. The third kappa shape index (κ3) is 2.02. The van der Waals surface area contributed by atoms with Crippen LogP contribution >= 0.6 is 0 Å². The van der Waals surface area contributed by atoms with Gasteiger partial charge < -0.3 is 10.4 Å². The highest BCUT2D eigenvalue weighted by molar-refractivity contribution is 7.86. The minimum absolute atomic E-state index is 0.000116. The minimum atomic E-state index is -4.80. The molecule has 0 radical (unpaired) electrons. The summed E-state index contributed by atoms with van der Waals surface area (Å²) in [6.07, 6.45) is 0. The molecule has 0 fully saturated rings. The monoisotopic (exact) mass is 261 g/mol. The molecule has 3 N–H and O–H groups in total. The van der Waals surface area contributed by atoms with Gasteiger partial charge >= 0.3 is 0 Å². The molecule has 1 aromatic rings. The fourth-order valence-corrected chi connectivity index (χ4v) is 2.33. The van der Waals surface area contributed by atoms with Gasteiger partial charge in [-0.1, -0.05) is 0 Å². The summed E-state index contributed by atoms with van der Waals surface area (Å²) in [6, 6.07) is 3.27. The second-order valence-corrected chi connectivity index (χ2v) is 5.12. The van der Waals surface area contributed by atoms with E-state index in [-0.39, 0.29) is 11.3 Å². The van der Waals surface area contributed by atoms with E-state index in [0.29, 0.717) is 0 Å². The number of carbonyl (C=O) groups is 1. The lowest BCUT2D eigenvalue weighted by atomic mass is 10.0. The Morgan fingerprint density at radius 2 is 2.06 bits per heavy atom. The van der Waals surface area contributed by atoms with Crippen molar-refractivity contribution in [3.8, 4) is 0 Å². The maximum Gasteiger partial charge on any atom is 0.293 e. The third-order valence-electron chi connectivity index (χ3n) is 2.48. The lowest BCUT2D eigenvalue weighted by molar-refractivity contribution is -0.118. The molecule has 6 nitrogen and oxygen atoms in total. The van der Waals surface area contributed by atoms with E-state index in [4.69, 9.17) is 4.55 Å². The maximum absolute atomic E-state index is 13.0. The molecule has 92 valence electrons. The molecule has 1 amide bonds. The van der Waals surface area contributed by atoms with Crippen LogP contribution < -0.4 is 5.32 Å². The zero-order valence-electron chi connectivity index (χ0n) is 8.29. The van der Waals surface area contributed by atoms with Gasteiger partial charge in [0.1, 0.15) is 11.7 Å². The number of benzene rings is 1. The SMILES string of the molecule is O=C1Nc2ccc(F)cc2C1C(O)S(=O)(=O)O. The number of rotatable bonds is 2. The molecule has 1 heterocycles. The molecule has 0 aromatic heterocycles. The molecular formula is C9H8FNO5S. The largest absolute Gasteiger partial charge is 0.374 e. The maximum atomic E-state index is 13.0. The molecular weight excluding hydrogens is 253 g/mol. The van der Waals surface area contributed by atoms with Crippen molar-refractivity contribution < 1.29 is 27.3 Å². The fourth-order valence-electron chi connectivity index (χ4n) is 1.71. The molecule has 0 saturated heterocycles. The molecule has 0 saturated carbocycles. The van der Waals surface area contributed by atoms with Gasteiger partial charge in [0.05, 0.1) is 0 Å². The van der Waals surface area contributed by atoms with Crippen LogP contribution in [0.1, 0.15) is 11.5 Å². The molecule has 0 spiro atoms. The number of carbonyl (C=O) groups excluding carboxylic acids is 1. The lowest BCUT2D eigenvalue weighted by Gasteiger charge is -2.13. The van der Waals surface area contributed by atoms with Gasteiger partial charge in [-0.25, -0.2) is 4.39 Å². The van der Waals surface area contributed by atoms with Crippen molar-refractivity contribution >= 4 is 21.7 Å². The Labute approximate surface area is 95.8 Å². The van der Waals surface area contributed by atoms with Crippen LogP contribution in [0.5, 0.6) is 0 Å². The van der Waals surface area contributed by atoms with Crippen molar-refractivity contribution in [1.29, 1.82) is 0 Å². The van der Waals surface area contributed by atoms with Crippen LogP contribution in [0, 0.1) is 5.82 Å². The topological polar surface area (TPSA) is 104 Å². The molecule has 2 atom stereocenters. The van der Waals surface area contributed by atoms with Crippen LogP contribution in [0.4, 0.5) is 10.1 Å². The molecule has 0 bridgehead atoms. The molecule has 2 rings (SSSR count). The van der Waals surface area contributed by atoms with E-state index in [0.717, 1.165) is 12.1 Å². The summed E-state index contributed by atoms with van der Waals surface area (Å²) in [7, 11) is -4.80. The van der Waals surface area contributed by atoms with Crippen molar-refractivity contribution in [1.82, 2.24) is 0 Å². The van der Waals surface area contributed by atoms with E-state index in [9.17, 15) is 22.7 Å². The summed E-state index contributed by atoms with van der Waals surface area (Å²) in [5.74, 6) is -3.01. The quantitative estimate of drug-likeness (QED) is 0.653. The summed E-state index contributed by atoms with van der Waals surface area (Å²) in [5, 5.41) is 11.7. The first-order chi connectivity index (χ1) is 7.80. The van der Waals surface area contributed by atoms with Crippen molar-refractivity contribution in [2.24, 2.45) is 0 Å². The normalized spacial score (nSPS) is 20.9. The van der Waals surface area contributed by atoms with Gasteiger partial charge in [0.2, 0.25) is 5.91 Å². The molecule has 17 heavy (non-hydrogen) atoms. The van der Waals surface area contributed by atoms with Crippen molar-refractivity contribution in [3.63, 3.8) is 0 Å². The van der Waals surface area contributed by atoms with Gasteiger partial charge in [-0.3, -0.25) is 9.35 Å². The molecule has 0 aliphatic carbocycles. The Morgan fingerprint density at radius 1 is 1.41 bits per heavy atom. The Hall–Kier alpha value is -1.51. The van der Waals surface area contributed by atoms with Crippen LogP contribution in [0.15, 0.2) is 18.2 Å². The first-order valence-electron chi connectivity index (χ1n) is 4.55. The lowest BCUT2D eigenvalue weighted by Crippen LogP contribution is -2.32. The smallest absolute Gasteiger partial charge is 0.293 e. The summed E-state index contributed by atoms with van der Waals surface area (Å²) in [4.78, 5) is 11.5. The average Bonchev–Trinajstić information content (AvgIpc) is 2.51. The average molecular weight is 261 g/mol. The number of anilines is 1. The summed E-state index contributed by atoms with van der Waals surface area (Å²) in [6.45, 7) is 0. The van der Waals surface area contributed by atoms with Crippen LogP contribution in [-0.2, 0) is 14.9 Å². The van der Waals surface area contributed by atoms with E-state index in [2.05, 4.69) is 5.32 Å². The number of fused-ring (bicyclic) bond motifs is 1. The van der Waals surface area contributed by atoms with Gasteiger partial charge in [-0.2, -0.15) is 8.42 Å². The molecule has 1 aliphatic heterocycles. The predicted octanol–water partition coefficient (Wildman–Crippen LogP) is 0.0676. The Balaban J connectivity index is 2.51. The summed E-state index contributed by atoms with van der Waals surface area (Å²) in [5.41, 5.74) is -2.10. The number of aliphatic hydroxyl groups is 1. The number of nitrogens with one attached hydrogen (secondary N) is 1. The molecule has 8 heteroatoms. The van der Waals surface area contributed by atoms with E-state index in [1.807, 2.05) is 0 Å². The highest BCUT2D eigenvalue weighted by atomic mass is 32.2. The van der Waals surface area contributed by atoms with E-state index < -0.39 is 33.2 Å². The Kier molecular flexibility index (Phi) is 2.64. The number of hydrogen-bond donors (Lipinski definition) is 3. The van der Waals surface area contributed by atoms with Crippen molar-refractivity contribution in [2.45, 2.75) is 11.4 Å². The number of amides is 1. The van der Waals surface area contributed by atoms with E-state index in [1.165, 1.54) is 6.07 Å². The predicted molar refractivity (Wildman–Crippen MR) is 55.3 cm³/mol. The highest BCUT2D eigenvalue weighted by Crippen LogP contribution is 2.36. The fraction of sp³-hybridized carbons (Fsp3) is 0.222.